The summed E-state index contributed by atoms with van der Waals surface area (Å²) in [6, 6.07) is 0.0415. The molecule has 0 spiro atoms. The number of likely N-dealkylation sites (tertiary alicyclic amines) is 1. The van der Waals surface area contributed by atoms with Gasteiger partial charge in [0.25, 0.3) is 0 Å². The van der Waals surface area contributed by atoms with Crippen LogP contribution in [0.15, 0.2) is 0 Å². The van der Waals surface area contributed by atoms with Gasteiger partial charge in [-0.3, -0.25) is 10.1 Å². The fourth-order valence-corrected chi connectivity index (χ4v) is 3.29. The summed E-state index contributed by atoms with van der Waals surface area (Å²) in [5.74, 6) is 0.314. The van der Waals surface area contributed by atoms with E-state index in [1.54, 1.807) is 0 Å². The maximum atomic E-state index is 12.4. The maximum absolute atomic E-state index is 12.4. The molecule has 2 aliphatic rings. The molecule has 2 rings (SSSR count). The van der Waals surface area contributed by atoms with E-state index in [1.807, 2.05) is 0 Å². The van der Waals surface area contributed by atoms with E-state index in [9.17, 15) is 4.79 Å². The second-order valence-electron chi connectivity index (χ2n) is 6.63. The van der Waals surface area contributed by atoms with Crippen molar-refractivity contribution < 1.29 is 4.79 Å². The molecule has 0 aromatic rings. The summed E-state index contributed by atoms with van der Waals surface area (Å²) < 4.78 is 0. The molecule has 1 N–H and O–H groups in total. The largest absolute Gasteiger partial charge is 0.325 e. The molecule has 19 heavy (non-hydrogen) atoms. The average Bonchev–Trinajstić information content (AvgIpc) is 2.70. The Morgan fingerprint density at radius 3 is 2.42 bits per heavy atom. The smallest absolute Gasteiger partial charge is 0.241 e. The van der Waals surface area contributed by atoms with Gasteiger partial charge in [-0.1, -0.05) is 20.8 Å². The SMILES string of the molecule is CCC1NC(CC)N(CC2(C)CCN(C)CC2)C1=O. The van der Waals surface area contributed by atoms with Crippen LogP contribution in [0.25, 0.3) is 0 Å². The van der Waals surface area contributed by atoms with E-state index in [0.717, 1.165) is 32.5 Å². The van der Waals surface area contributed by atoms with Crippen LogP contribution < -0.4 is 5.32 Å². The lowest BCUT2D eigenvalue weighted by Gasteiger charge is -2.41. The van der Waals surface area contributed by atoms with Crippen molar-refractivity contribution in [1.82, 2.24) is 15.1 Å². The molecule has 0 aliphatic carbocycles. The van der Waals surface area contributed by atoms with Gasteiger partial charge in [-0.05, 0) is 51.2 Å². The first-order valence-corrected chi connectivity index (χ1v) is 7.74. The van der Waals surface area contributed by atoms with Gasteiger partial charge in [0.05, 0.1) is 12.2 Å². The normalized spacial score (nSPS) is 32.0. The zero-order chi connectivity index (χ0) is 14.0. The molecule has 0 aromatic carbocycles. The highest BCUT2D eigenvalue weighted by Gasteiger charge is 2.41. The van der Waals surface area contributed by atoms with Crippen molar-refractivity contribution in [2.45, 2.75) is 58.7 Å². The standard InChI is InChI=1S/C15H29N3O/c1-5-12-14(19)18(13(6-2)16-12)11-15(3)7-9-17(4)10-8-15/h12-13,16H,5-11H2,1-4H3. The molecule has 0 aromatic heterocycles. The Balaban J connectivity index is 2.02. The lowest BCUT2D eigenvalue weighted by Crippen LogP contribution is -2.47. The van der Waals surface area contributed by atoms with Crippen molar-refractivity contribution in [3.05, 3.63) is 0 Å². The van der Waals surface area contributed by atoms with Crippen LogP contribution in [0.2, 0.25) is 0 Å². The van der Waals surface area contributed by atoms with Crippen LogP contribution in [0.5, 0.6) is 0 Å². The first kappa shape index (κ1) is 14.8. The lowest BCUT2D eigenvalue weighted by molar-refractivity contribution is -0.132. The Labute approximate surface area is 117 Å². The second kappa shape index (κ2) is 5.80. The molecule has 4 nitrogen and oxygen atoms in total. The highest BCUT2D eigenvalue weighted by molar-refractivity contribution is 5.84. The summed E-state index contributed by atoms with van der Waals surface area (Å²) in [6.07, 6.45) is 4.53. The Hall–Kier alpha value is -0.610. The van der Waals surface area contributed by atoms with Gasteiger partial charge in [0.1, 0.15) is 0 Å². The molecular formula is C15H29N3O. The topological polar surface area (TPSA) is 35.6 Å². The lowest BCUT2D eigenvalue weighted by atomic mass is 9.80. The molecule has 0 bridgehead atoms. The van der Waals surface area contributed by atoms with E-state index in [-0.39, 0.29) is 12.2 Å². The van der Waals surface area contributed by atoms with Gasteiger partial charge in [0, 0.05) is 6.54 Å². The molecule has 2 fully saturated rings. The summed E-state index contributed by atoms with van der Waals surface area (Å²) in [6.45, 7) is 9.82. The minimum Gasteiger partial charge on any atom is -0.325 e. The van der Waals surface area contributed by atoms with Crippen LogP contribution in [0.4, 0.5) is 0 Å². The van der Waals surface area contributed by atoms with Crippen molar-refractivity contribution in [2.24, 2.45) is 5.41 Å². The van der Waals surface area contributed by atoms with E-state index in [2.05, 4.69) is 42.9 Å². The number of carbonyl (C=O) groups excluding carboxylic acids is 1. The van der Waals surface area contributed by atoms with Crippen molar-refractivity contribution in [3.8, 4) is 0 Å². The highest BCUT2D eigenvalue weighted by Crippen LogP contribution is 2.33. The van der Waals surface area contributed by atoms with E-state index < -0.39 is 0 Å². The second-order valence-corrected chi connectivity index (χ2v) is 6.63. The summed E-state index contributed by atoms with van der Waals surface area (Å²) in [4.78, 5) is 16.9. The number of hydrogen-bond acceptors (Lipinski definition) is 3. The molecule has 0 radical (unpaired) electrons. The Morgan fingerprint density at radius 1 is 1.26 bits per heavy atom. The zero-order valence-corrected chi connectivity index (χ0v) is 12.9. The van der Waals surface area contributed by atoms with E-state index in [0.29, 0.717) is 11.3 Å². The highest BCUT2D eigenvalue weighted by atomic mass is 16.2. The van der Waals surface area contributed by atoms with Crippen LogP contribution in [0, 0.1) is 5.41 Å². The summed E-state index contributed by atoms with van der Waals surface area (Å²) in [5, 5.41) is 3.47. The maximum Gasteiger partial charge on any atom is 0.241 e. The number of nitrogens with one attached hydrogen (secondary N) is 1. The number of rotatable bonds is 4. The third-order valence-electron chi connectivity index (χ3n) is 4.89. The van der Waals surface area contributed by atoms with Gasteiger partial charge in [0.15, 0.2) is 0 Å². The molecule has 0 saturated carbocycles. The van der Waals surface area contributed by atoms with Gasteiger partial charge in [-0.15, -0.1) is 0 Å². The van der Waals surface area contributed by atoms with E-state index in [1.165, 1.54) is 12.8 Å². The number of hydrogen-bond donors (Lipinski definition) is 1. The van der Waals surface area contributed by atoms with Gasteiger partial charge in [-0.25, -0.2) is 0 Å². The quantitative estimate of drug-likeness (QED) is 0.841. The van der Waals surface area contributed by atoms with Crippen molar-refractivity contribution in [3.63, 3.8) is 0 Å². The van der Waals surface area contributed by atoms with Crippen LogP contribution in [0.1, 0.15) is 46.5 Å². The molecular weight excluding hydrogens is 238 g/mol. The molecule has 2 aliphatic heterocycles. The van der Waals surface area contributed by atoms with Crippen molar-refractivity contribution in [2.75, 3.05) is 26.7 Å². The Bertz CT molecular complexity index is 323. The zero-order valence-electron chi connectivity index (χ0n) is 12.9. The van der Waals surface area contributed by atoms with Gasteiger partial charge >= 0.3 is 0 Å². The van der Waals surface area contributed by atoms with Gasteiger partial charge < -0.3 is 9.80 Å². The van der Waals surface area contributed by atoms with E-state index in [4.69, 9.17) is 0 Å². The average molecular weight is 267 g/mol. The molecule has 1 amide bonds. The molecule has 2 heterocycles. The number of carbonyl (C=O) groups is 1. The van der Waals surface area contributed by atoms with Crippen molar-refractivity contribution >= 4 is 5.91 Å². The van der Waals surface area contributed by atoms with E-state index >= 15 is 0 Å². The molecule has 110 valence electrons. The Kier molecular flexibility index (Phi) is 4.51. The van der Waals surface area contributed by atoms with Crippen LogP contribution in [-0.4, -0.2) is 54.6 Å². The summed E-state index contributed by atoms with van der Waals surface area (Å²) >= 11 is 0. The van der Waals surface area contributed by atoms with Crippen LogP contribution in [0.3, 0.4) is 0 Å². The van der Waals surface area contributed by atoms with Crippen LogP contribution in [-0.2, 0) is 4.79 Å². The minimum atomic E-state index is 0.0415. The number of piperidine rings is 1. The predicted molar refractivity (Wildman–Crippen MR) is 77.8 cm³/mol. The Morgan fingerprint density at radius 2 is 1.89 bits per heavy atom. The van der Waals surface area contributed by atoms with Crippen LogP contribution >= 0.6 is 0 Å². The third-order valence-corrected chi connectivity index (χ3v) is 4.89. The summed E-state index contributed by atoms with van der Waals surface area (Å²) in [7, 11) is 2.18. The first-order valence-electron chi connectivity index (χ1n) is 7.74. The fourth-order valence-electron chi connectivity index (χ4n) is 3.29. The number of nitrogens with zero attached hydrogens (tertiary/aromatic N) is 2. The first-order chi connectivity index (χ1) is 8.99. The summed E-state index contributed by atoms with van der Waals surface area (Å²) in [5.41, 5.74) is 0.292. The fraction of sp³-hybridized carbons (Fsp3) is 0.933. The third kappa shape index (κ3) is 3.11. The monoisotopic (exact) mass is 267 g/mol. The molecule has 2 atom stereocenters. The number of amides is 1. The van der Waals surface area contributed by atoms with Gasteiger partial charge in [-0.2, -0.15) is 0 Å². The van der Waals surface area contributed by atoms with Crippen molar-refractivity contribution in [1.29, 1.82) is 0 Å². The molecule has 2 unspecified atom stereocenters. The van der Waals surface area contributed by atoms with Gasteiger partial charge in [0.2, 0.25) is 5.91 Å². The predicted octanol–water partition coefficient (Wildman–Crippen LogP) is 1.66. The molecule has 4 heteroatoms. The minimum absolute atomic E-state index is 0.0415. The molecule has 2 saturated heterocycles.